The van der Waals surface area contributed by atoms with E-state index >= 15 is 0 Å². The third-order valence-electron chi connectivity index (χ3n) is 3.66. The summed E-state index contributed by atoms with van der Waals surface area (Å²) in [5.74, 6) is -1.68. The third kappa shape index (κ3) is 3.21. The van der Waals surface area contributed by atoms with Crippen molar-refractivity contribution in [3.63, 3.8) is 0 Å². The van der Waals surface area contributed by atoms with Gasteiger partial charge < -0.3 is 0 Å². The zero-order valence-corrected chi connectivity index (χ0v) is 14.9. The fourth-order valence-corrected chi connectivity index (χ4v) is 4.15. The zero-order valence-electron chi connectivity index (χ0n) is 13.2. The van der Waals surface area contributed by atoms with Crippen LogP contribution in [0.2, 0.25) is 0 Å². The molecule has 0 saturated heterocycles. The quantitative estimate of drug-likeness (QED) is 0.501. The van der Waals surface area contributed by atoms with Crippen molar-refractivity contribution in [1.82, 2.24) is 9.97 Å². The van der Waals surface area contributed by atoms with Gasteiger partial charge in [0.25, 0.3) is 5.91 Å². The standard InChI is InChI=1S/C18H11F2N3OS2/c19-11-8-13(20)16-15(9-11)26-18(22-16)23(10-12-4-1-2-6-21-12)17(24)14-5-3-7-25-14/h1-9H,10H2. The first kappa shape index (κ1) is 16.7. The maximum Gasteiger partial charge on any atom is 0.270 e. The van der Waals surface area contributed by atoms with Gasteiger partial charge in [0.1, 0.15) is 11.3 Å². The van der Waals surface area contributed by atoms with E-state index in [0.717, 1.165) is 17.4 Å². The average molecular weight is 387 g/mol. The largest absolute Gasteiger partial charge is 0.277 e. The highest BCUT2D eigenvalue weighted by atomic mass is 32.1. The number of aromatic nitrogens is 2. The number of nitrogens with zero attached hydrogens (tertiary/aromatic N) is 3. The lowest BCUT2D eigenvalue weighted by atomic mass is 10.3. The number of hydrogen-bond donors (Lipinski definition) is 0. The molecule has 0 aliphatic heterocycles. The number of carbonyl (C=O) groups excluding carboxylic acids is 1. The van der Waals surface area contributed by atoms with Gasteiger partial charge in [0.2, 0.25) is 0 Å². The van der Waals surface area contributed by atoms with E-state index in [-0.39, 0.29) is 18.0 Å². The number of pyridine rings is 1. The highest BCUT2D eigenvalue weighted by molar-refractivity contribution is 7.22. The van der Waals surface area contributed by atoms with Crippen molar-refractivity contribution in [3.8, 4) is 0 Å². The summed E-state index contributed by atoms with van der Waals surface area (Å²) in [4.78, 5) is 23.4. The van der Waals surface area contributed by atoms with Crippen molar-refractivity contribution < 1.29 is 13.6 Å². The molecule has 3 heterocycles. The Labute approximate surface area is 155 Å². The van der Waals surface area contributed by atoms with Crippen molar-refractivity contribution in [3.05, 3.63) is 76.2 Å². The van der Waals surface area contributed by atoms with Crippen LogP contribution >= 0.6 is 22.7 Å². The van der Waals surface area contributed by atoms with Gasteiger partial charge in [-0.15, -0.1) is 11.3 Å². The molecule has 130 valence electrons. The molecule has 0 aliphatic carbocycles. The SMILES string of the molecule is O=C(c1cccs1)N(Cc1ccccn1)c1nc2c(F)cc(F)cc2s1. The van der Waals surface area contributed by atoms with E-state index < -0.39 is 11.6 Å². The number of fused-ring (bicyclic) bond motifs is 1. The van der Waals surface area contributed by atoms with Crippen LogP contribution in [0.3, 0.4) is 0 Å². The predicted molar refractivity (Wildman–Crippen MR) is 98.6 cm³/mol. The number of anilines is 1. The molecule has 0 unspecified atom stereocenters. The molecule has 0 atom stereocenters. The lowest BCUT2D eigenvalue weighted by Crippen LogP contribution is -2.30. The van der Waals surface area contributed by atoms with Crippen molar-refractivity contribution in [2.75, 3.05) is 4.90 Å². The van der Waals surface area contributed by atoms with Crippen molar-refractivity contribution in [1.29, 1.82) is 0 Å². The number of carbonyl (C=O) groups is 1. The third-order valence-corrected chi connectivity index (χ3v) is 5.54. The number of thiazole rings is 1. The van der Waals surface area contributed by atoms with Gasteiger partial charge in [-0.1, -0.05) is 23.5 Å². The van der Waals surface area contributed by atoms with Gasteiger partial charge in [-0.3, -0.25) is 14.7 Å². The minimum Gasteiger partial charge on any atom is -0.277 e. The number of rotatable bonds is 4. The lowest BCUT2D eigenvalue weighted by Gasteiger charge is -2.18. The van der Waals surface area contributed by atoms with E-state index in [9.17, 15) is 13.6 Å². The molecule has 0 radical (unpaired) electrons. The van der Waals surface area contributed by atoms with Crippen LogP contribution in [0.5, 0.6) is 0 Å². The van der Waals surface area contributed by atoms with Gasteiger partial charge in [0.15, 0.2) is 10.9 Å². The van der Waals surface area contributed by atoms with Crippen molar-refractivity contribution in [2.24, 2.45) is 0 Å². The Morgan fingerprint density at radius 1 is 1.15 bits per heavy atom. The molecule has 4 aromatic rings. The monoisotopic (exact) mass is 387 g/mol. The van der Waals surface area contributed by atoms with E-state index in [1.165, 1.54) is 22.3 Å². The summed E-state index contributed by atoms with van der Waals surface area (Å²) in [5.41, 5.74) is 0.722. The van der Waals surface area contributed by atoms with Gasteiger partial charge in [0.05, 0.1) is 21.8 Å². The summed E-state index contributed by atoms with van der Waals surface area (Å²) in [6.07, 6.45) is 1.64. The second-order valence-electron chi connectivity index (χ2n) is 5.42. The molecule has 1 aromatic carbocycles. The van der Waals surface area contributed by atoms with Crippen LogP contribution in [0.1, 0.15) is 15.4 Å². The smallest absolute Gasteiger partial charge is 0.270 e. The topological polar surface area (TPSA) is 46.1 Å². The summed E-state index contributed by atoms with van der Waals surface area (Å²) in [6.45, 7) is 0.182. The van der Waals surface area contributed by atoms with E-state index in [2.05, 4.69) is 9.97 Å². The fraction of sp³-hybridized carbons (Fsp3) is 0.0556. The Kier molecular flexibility index (Phi) is 4.44. The molecule has 4 nitrogen and oxygen atoms in total. The lowest BCUT2D eigenvalue weighted by molar-refractivity contribution is 0.0988. The molecular weight excluding hydrogens is 376 g/mol. The molecule has 0 spiro atoms. The van der Waals surface area contributed by atoms with Gasteiger partial charge >= 0.3 is 0 Å². The molecule has 0 aliphatic rings. The van der Waals surface area contributed by atoms with Crippen LogP contribution in [0, 0.1) is 11.6 Å². The van der Waals surface area contributed by atoms with E-state index in [0.29, 0.717) is 20.4 Å². The van der Waals surface area contributed by atoms with Crippen LogP contribution in [0.25, 0.3) is 10.2 Å². The Hall–Kier alpha value is -2.71. The molecule has 0 bridgehead atoms. The molecule has 3 aromatic heterocycles. The van der Waals surface area contributed by atoms with Crippen LogP contribution in [-0.4, -0.2) is 15.9 Å². The maximum absolute atomic E-state index is 14.0. The molecule has 0 fully saturated rings. The zero-order chi connectivity index (χ0) is 18.1. The minimum atomic E-state index is -0.746. The predicted octanol–water partition coefficient (Wildman–Crippen LogP) is 4.88. The van der Waals surface area contributed by atoms with Gasteiger partial charge in [-0.05, 0) is 29.6 Å². The Balaban J connectivity index is 1.79. The van der Waals surface area contributed by atoms with Gasteiger partial charge in [-0.25, -0.2) is 13.8 Å². The number of amides is 1. The summed E-state index contributed by atoms with van der Waals surface area (Å²) < 4.78 is 27.9. The van der Waals surface area contributed by atoms with Crippen molar-refractivity contribution >= 4 is 43.9 Å². The Bertz CT molecular complexity index is 1060. The van der Waals surface area contributed by atoms with Crippen LogP contribution in [-0.2, 0) is 6.54 Å². The first-order valence-corrected chi connectivity index (χ1v) is 9.32. The Morgan fingerprint density at radius 3 is 2.77 bits per heavy atom. The summed E-state index contributed by atoms with van der Waals surface area (Å²) in [6, 6.07) is 10.9. The van der Waals surface area contributed by atoms with E-state index in [1.807, 2.05) is 6.07 Å². The van der Waals surface area contributed by atoms with Crippen LogP contribution in [0.4, 0.5) is 13.9 Å². The normalized spacial score (nSPS) is 11.0. The average Bonchev–Trinajstić information content (AvgIpc) is 3.29. The second-order valence-corrected chi connectivity index (χ2v) is 7.38. The maximum atomic E-state index is 14.0. The second kappa shape index (κ2) is 6.89. The molecular formula is C18H11F2N3OS2. The first-order valence-electron chi connectivity index (χ1n) is 7.62. The highest BCUT2D eigenvalue weighted by Gasteiger charge is 2.24. The molecule has 4 rings (SSSR count). The first-order chi connectivity index (χ1) is 12.6. The summed E-state index contributed by atoms with van der Waals surface area (Å²) in [7, 11) is 0. The minimum absolute atomic E-state index is 0.0522. The fourth-order valence-electron chi connectivity index (χ4n) is 2.47. The van der Waals surface area contributed by atoms with Crippen molar-refractivity contribution in [2.45, 2.75) is 6.54 Å². The summed E-state index contributed by atoms with van der Waals surface area (Å²) in [5, 5.41) is 2.10. The molecule has 0 saturated carbocycles. The molecule has 1 amide bonds. The molecule has 0 N–H and O–H groups in total. The number of benzene rings is 1. The Morgan fingerprint density at radius 2 is 2.04 bits per heavy atom. The number of thiophene rings is 1. The van der Waals surface area contributed by atoms with Crippen LogP contribution in [0.15, 0.2) is 54.0 Å². The number of hydrogen-bond acceptors (Lipinski definition) is 5. The molecule has 8 heteroatoms. The van der Waals surface area contributed by atoms with Gasteiger partial charge in [0, 0.05) is 12.3 Å². The van der Waals surface area contributed by atoms with E-state index in [1.54, 1.807) is 35.8 Å². The van der Waals surface area contributed by atoms with Crippen LogP contribution < -0.4 is 4.90 Å². The van der Waals surface area contributed by atoms with Gasteiger partial charge in [-0.2, -0.15) is 0 Å². The summed E-state index contributed by atoms with van der Waals surface area (Å²) >= 11 is 2.38. The number of halogens is 2. The highest BCUT2D eigenvalue weighted by Crippen LogP contribution is 2.33. The van der Waals surface area contributed by atoms with E-state index in [4.69, 9.17) is 0 Å². The molecule has 26 heavy (non-hydrogen) atoms.